The zero-order valence-corrected chi connectivity index (χ0v) is 10.4. The fourth-order valence-electron chi connectivity index (χ4n) is 1.95. The maximum atomic E-state index is 4.60. The molecule has 0 spiro atoms. The lowest BCUT2D eigenvalue weighted by atomic mass is 10.0. The lowest BCUT2D eigenvalue weighted by Crippen LogP contribution is -2.16. The molecule has 1 N–H and O–H groups in total. The van der Waals surface area contributed by atoms with E-state index in [1.54, 1.807) is 0 Å². The third-order valence-corrected chi connectivity index (χ3v) is 3.45. The Morgan fingerprint density at radius 2 is 2.19 bits per heavy atom. The van der Waals surface area contributed by atoms with E-state index < -0.39 is 0 Å². The summed E-state index contributed by atoms with van der Waals surface area (Å²) in [5.74, 6) is 0.768. The van der Waals surface area contributed by atoms with Crippen LogP contribution in [-0.2, 0) is 13.1 Å². The highest BCUT2D eigenvalue weighted by Gasteiger charge is 2.20. The monoisotopic (exact) mass is 221 g/mol. The Hall–Kier alpha value is -0.830. The standard InChI is InChI=1S/C13H23N3/c1-3-11(4-2)10-16-8-7-13(15-16)9-14-12-5-6-12/h7-8,11-12,14H,3-6,9-10H2,1-2H3. The van der Waals surface area contributed by atoms with Crippen LogP contribution in [0.5, 0.6) is 0 Å². The van der Waals surface area contributed by atoms with Crippen LogP contribution in [0.15, 0.2) is 12.3 Å². The summed E-state index contributed by atoms with van der Waals surface area (Å²) in [7, 11) is 0. The van der Waals surface area contributed by atoms with Crippen molar-refractivity contribution in [2.45, 2.75) is 58.7 Å². The number of hydrogen-bond donors (Lipinski definition) is 1. The van der Waals surface area contributed by atoms with Gasteiger partial charge in [-0.25, -0.2) is 0 Å². The van der Waals surface area contributed by atoms with E-state index in [0.717, 1.165) is 25.0 Å². The third kappa shape index (κ3) is 3.34. The average molecular weight is 221 g/mol. The molecule has 3 nitrogen and oxygen atoms in total. The van der Waals surface area contributed by atoms with Crippen molar-refractivity contribution in [3.8, 4) is 0 Å². The summed E-state index contributed by atoms with van der Waals surface area (Å²) in [6, 6.07) is 2.90. The van der Waals surface area contributed by atoms with Crippen molar-refractivity contribution in [2.75, 3.05) is 0 Å². The van der Waals surface area contributed by atoms with Gasteiger partial charge in [0.05, 0.1) is 5.69 Å². The molecule has 0 unspecified atom stereocenters. The Bertz CT molecular complexity index is 311. The van der Waals surface area contributed by atoms with E-state index in [-0.39, 0.29) is 0 Å². The summed E-state index contributed by atoms with van der Waals surface area (Å²) in [5, 5.41) is 8.09. The molecule has 1 aliphatic rings. The highest BCUT2D eigenvalue weighted by atomic mass is 15.3. The van der Waals surface area contributed by atoms with Gasteiger partial charge < -0.3 is 5.32 Å². The van der Waals surface area contributed by atoms with Crippen LogP contribution in [0.3, 0.4) is 0 Å². The molecule has 1 fully saturated rings. The Morgan fingerprint density at radius 3 is 2.81 bits per heavy atom. The first-order valence-corrected chi connectivity index (χ1v) is 6.57. The number of nitrogens with one attached hydrogen (secondary N) is 1. The van der Waals surface area contributed by atoms with Crippen molar-refractivity contribution in [3.63, 3.8) is 0 Å². The van der Waals surface area contributed by atoms with Gasteiger partial charge in [0.1, 0.15) is 0 Å². The van der Waals surface area contributed by atoms with Gasteiger partial charge in [-0.1, -0.05) is 26.7 Å². The normalized spacial score (nSPS) is 15.9. The Balaban J connectivity index is 1.80. The van der Waals surface area contributed by atoms with Gasteiger partial charge in [-0.15, -0.1) is 0 Å². The van der Waals surface area contributed by atoms with Crippen LogP contribution in [0, 0.1) is 5.92 Å². The number of nitrogens with zero attached hydrogens (tertiary/aromatic N) is 2. The second-order valence-electron chi connectivity index (χ2n) is 4.87. The molecule has 0 bridgehead atoms. The highest BCUT2D eigenvalue weighted by molar-refractivity contribution is 4.99. The average Bonchev–Trinajstić information content (AvgIpc) is 3.03. The maximum Gasteiger partial charge on any atom is 0.0762 e. The Morgan fingerprint density at radius 1 is 1.44 bits per heavy atom. The zero-order valence-electron chi connectivity index (χ0n) is 10.4. The molecule has 1 heterocycles. The minimum Gasteiger partial charge on any atom is -0.308 e. The Kier molecular flexibility index (Phi) is 3.99. The van der Waals surface area contributed by atoms with Crippen molar-refractivity contribution >= 4 is 0 Å². The molecule has 1 saturated carbocycles. The van der Waals surface area contributed by atoms with Crippen molar-refractivity contribution < 1.29 is 0 Å². The van der Waals surface area contributed by atoms with E-state index in [2.05, 4.69) is 41.2 Å². The largest absolute Gasteiger partial charge is 0.308 e. The van der Waals surface area contributed by atoms with Gasteiger partial charge in [-0.2, -0.15) is 5.10 Å². The van der Waals surface area contributed by atoms with E-state index in [1.165, 1.54) is 31.4 Å². The minimum atomic E-state index is 0.768. The second kappa shape index (κ2) is 5.48. The quantitative estimate of drug-likeness (QED) is 0.767. The smallest absolute Gasteiger partial charge is 0.0762 e. The predicted molar refractivity (Wildman–Crippen MR) is 66.2 cm³/mol. The molecule has 16 heavy (non-hydrogen) atoms. The summed E-state index contributed by atoms with van der Waals surface area (Å²) < 4.78 is 2.10. The SMILES string of the molecule is CCC(CC)Cn1ccc(CNC2CC2)n1. The summed E-state index contributed by atoms with van der Waals surface area (Å²) in [4.78, 5) is 0. The van der Waals surface area contributed by atoms with E-state index in [1.807, 2.05) is 0 Å². The lowest BCUT2D eigenvalue weighted by molar-refractivity contribution is 0.394. The molecule has 0 aliphatic heterocycles. The molecule has 0 aromatic carbocycles. The molecule has 2 rings (SSSR count). The molecule has 1 aliphatic carbocycles. The van der Waals surface area contributed by atoms with Gasteiger partial charge in [0.2, 0.25) is 0 Å². The first-order valence-electron chi connectivity index (χ1n) is 6.57. The topological polar surface area (TPSA) is 29.9 Å². The molecule has 0 amide bonds. The van der Waals surface area contributed by atoms with E-state index >= 15 is 0 Å². The van der Waals surface area contributed by atoms with Gasteiger partial charge >= 0.3 is 0 Å². The van der Waals surface area contributed by atoms with Crippen LogP contribution in [0.1, 0.15) is 45.2 Å². The van der Waals surface area contributed by atoms with E-state index in [4.69, 9.17) is 0 Å². The highest BCUT2D eigenvalue weighted by Crippen LogP contribution is 2.19. The van der Waals surface area contributed by atoms with Crippen LogP contribution in [-0.4, -0.2) is 15.8 Å². The van der Waals surface area contributed by atoms with Crippen LogP contribution in [0.4, 0.5) is 0 Å². The second-order valence-corrected chi connectivity index (χ2v) is 4.87. The summed E-state index contributed by atoms with van der Waals surface area (Å²) in [6.45, 7) is 6.51. The van der Waals surface area contributed by atoms with E-state index in [9.17, 15) is 0 Å². The van der Waals surface area contributed by atoms with Crippen molar-refractivity contribution in [1.29, 1.82) is 0 Å². The van der Waals surface area contributed by atoms with Gasteiger partial charge in [0.25, 0.3) is 0 Å². The van der Waals surface area contributed by atoms with Crippen molar-refractivity contribution in [3.05, 3.63) is 18.0 Å². The first kappa shape index (κ1) is 11.6. The molecule has 0 saturated heterocycles. The summed E-state index contributed by atoms with van der Waals surface area (Å²) >= 11 is 0. The Labute approximate surface area is 98.2 Å². The summed E-state index contributed by atoms with van der Waals surface area (Å²) in [5.41, 5.74) is 1.18. The van der Waals surface area contributed by atoms with Crippen molar-refractivity contribution in [1.82, 2.24) is 15.1 Å². The minimum absolute atomic E-state index is 0.768. The molecule has 1 aromatic rings. The van der Waals surface area contributed by atoms with Gasteiger partial charge in [0, 0.05) is 25.3 Å². The van der Waals surface area contributed by atoms with Crippen LogP contribution < -0.4 is 5.32 Å². The summed E-state index contributed by atoms with van der Waals surface area (Å²) in [6.07, 6.45) is 7.28. The van der Waals surface area contributed by atoms with Gasteiger partial charge in [-0.3, -0.25) is 4.68 Å². The molecule has 0 atom stereocenters. The number of hydrogen-bond acceptors (Lipinski definition) is 2. The fraction of sp³-hybridized carbons (Fsp3) is 0.769. The molecular weight excluding hydrogens is 198 g/mol. The molecule has 0 radical (unpaired) electrons. The number of rotatable bonds is 7. The van der Waals surface area contributed by atoms with Crippen LogP contribution in [0.2, 0.25) is 0 Å². The van der Waals surface area contributed by atoms with Gasteiger partial charge in [-0.05, 0) is 24.8 Å². The van der Waals surface area contributed by atoms with Crippen molar-refractivity contribution in [2.24, 2.45) is 5.92 Å². The molecule has 3 heteroatoms. The van der Waals surface area contributed by atoms with Gasteiger partial charge in [0.15, 0.2) is 0 Å². The maximum absolute atomic E-state index is 4.60. The third-order valence-electron chi connectivity index (χ3n) is 3.45. The van der Waals surface area contributed by atoms with Crippen LogP contribution >= 0.6 is 0 Å². The lowest BCUT2D eigenvalue weighted by Gasteiger charge is -2.11. The van der Waals surface area contributed by atoms with E-state index in [0.29, 0.717) is 0 Å². The zero-order chi connectivity index (χ0) is 11.4. The molecule has 1 aromatic heterocycles. The molecular formula is C13H23N3. The molecule has 90 valence electrons. The first-order chi connectivity index (χ1) is 7.81. The fourth-order valence-corrected chi connectivity index (χ4v) is 1.95. The predicted octanol–water partition coefficient (Wildman–Crippen LogP) is 2.57. The number of aromatic nitrogens is 2. The van der Waals surface area contributed by atoms with Crippen LogP contribution in [0.25, 0.3) is 0 Å².